The lowest BCUT2D eigenvalue weighted by Gasteiger charge is -2.07. The number of thioether (sulfide) groups is 1. The number of carbonyl (C=O) groups is 3. The van der Waals surface area contributed by atoms with Crippen molar-refractivity contribution >= 4 is 40.0 Å². The van der Waals surface area contributed by atoms with Crippen LogP contribution >= 0.6 is 23.1 Å². The van der Waals surface area contributed by atoms with Gasteiger partial charge in [0.25, 0.3) is 5.24 Å². The second-order valence-corrected chi connectivity index (χ2v) is 8.44. The Kier molecular flexibility index (Phi) is 7.06. The number of rotatable bonds is 10. The fourth-order valence-electron chi connectivity index (χ4n) is 2.83. The highest BCUT2D eigenvalue weighted by atomic mass is 32.2. The van der Waals surface area contributed by atoms with Gasteiger partial charge in [-0.1, -0.05) is 42.8 Å². The van der Waals surface area contributed by atoms with Crippen LogP contribution in [0.2, 0.25) is 0 Å². The van der Waals surface area contributed by atoms with E-state index < -0.39 is 0 Å². The summed E-state index contributed by atoms with van der Waals surface area (Å²) in [4.78, 5) is 35.2. The zero-order valence-electron chi connectivity index (χ0n) is 14.8. The summed E-state index contributed by atoms with van der Waals surface area (Å²) in [6.07, 6.45) is 4.69. The van der Waals surface area contributed by atoms with E-state index in [1.807, 2.05) is 35.7 Å². The summed E-state index contributed by atoms with van der Waals surface area (Å²) in [7, 11) is 0. The average Bonchev–Trinajstić information content (AvgIpc) is 3.30. The SMILES string of the molecule is O=C1NC(=O)C(CCCCCc2ccc(OCC(=O)c3cccs3)cc2)S1. The van der Waals surface area contributed by atoms with E-state index in [2.05, 4.69) is 5.32 Å². The molecule has 7 heteroatoms. The van der Waals surface area contributed by atoms with Gasteiger partial charge in [-0.3, -0.25) is 19.7 Å². The summed E-state index contributed by atoms with van der Waals surface area (Å²) in [5.41, 5.74) is 1.22. The maximum Gasteiger partial charge on any atom is 0.286 e. The predicted octanol–water partition coefficient (Wildman–Crippen LogP) is 4.46. The van der Waals surface area contributed by atoms with E-state index in [9.17, 15) is 14.4 Å². The largest absolute Gasteiger partial charge is 0.485 e. The summed E-state index contributed by atoms with van der Waals surface area (Å²) in [6.45, 7) is 0.0507. The second-order valence-electron chi connectivity index (χ2n) is 6.32. The second kappa shape index (κ2) is 9.71. The van der Waals surface area contributed by atoms with Crippen LogP contribution in [0.1, 0.15) is 40.9 Å². The molecule has 1 aliphatic rings. The van der Waals surface area contributed by atoms with E-state index in [4.69, 9.17) is 4.74 Å². The Labute approximate surface area is 166 Å². The van der Waals surface area contributed by atoms with Crippen molar-refractivity contribution in [2.45, 2.75) is 37.4 Å². The van der Waals surface area contributed by atoms with Gasteiger partial charge < -0.3 is 4.74 Å². The Balaban J connectivity index is 1.32. The van der Waals surface area contributed by atoms with Crippen molar-refractivity contribution in [3.63, 3.8) is 0 Å². The molecule has 1 N–H and O–H groups in total. The number of hydrogen-bond acceptors (Lipinski definition) is 6. The van der Waals surface area contributed by atoms with Crippen LogP contribution < -0.4 is 10.1 Å². The van der Waals surface area contributed by atoms with Gasteiger partial charge in [-0.05, 0) is 48.4 Å². The molecule has 2 heterocycles. The van der Waals surface area contributed by atoms with Crippen LogP contribution in [0.25, 0.3) is 0 Å². The Hall–Kier alpha value is -2.12. The number of carbonyl (C=O) groups excluding carboxylic acids is 3. The van der Waals surface area contributed by atoms with E-state index in [1.54, 1.807) is 6.07 Å². The van der Waals surface area contributed by atoms with Crippen LogP contribution in [0.3, 0.4) is 0 Å². The third-order valence-electron chi connectivity index (χ3n) is 4.29. The average molecular weight is 404 g/mol. The number of aryl methyl sites for hydroxylation is 1. The summed E-state index contributed by atoms with van der Waals surface area (Å²) in [5.74, 6) is 0.528. The molecule has 0 radical (unpaired) electrons. The molecule has 1 unspecified atom stereocenters. The third-order valence-corrected chi connectivity index (χ3v) is 6.25. The highest BCUT2D eigenvalue weighted by molar-refractivity contribution is 8.15. The molecule has 27 heavy (non-hydrogen) atoms. The Morgan fingerprint density at radius 2 is 1.89 bits per heavy atom. The first kappa shape index (κ1) is 19.6. The Morgan fingerprint density at radius 1 is 1.07 bits per heavy atom. The van der Waals surface area contributed by atoms with Crippen molar-refractivity contribution in [1.82, 2.24) is 5.32 Å². The molecule has 1 saturated heterocycles. The van der Waals surface area contributed by atoms with E-state index in [-0.39, 0.29) is 28.8 Å². The molecule has 0 aliphatic carbocycles. The predicted molar refractivity (Wildman–Crippen MR) is 108 cm³/mol. The molecule has 5 nitrogen and oxygen atoms in total. The first-order valence-electron chi connectivity index (χ1n) is 8.92. The smallest absolute Gasteiger partial charge is 0.286 e. The van der Waals surface area contributed by atoms with Crippen LogP contribution in [0.4, 0.5) is 4.79 Å². The van der Waals surface area contributed by atoms with Gasteiger partial charge in [0, 0.05) is 0 Å². The van der Waals surface area contributed by atoms with Gasteiger partial charge >= 0.3 is 0 Å². The maximum absolute atomic E-state index is 11.9. The number of hydrogen-bond donors (Lipinski definition) is 1. The van der Waals surface area contributed by atoms with E-state index >= 15 is 0 Å². The third kappa shape index (κ3) is 5.94. The van der Waals surface area contributed by atoms with Gasteiger partial charge in [0.2, 0.25) is 11.7 Å². The minimum absolute atomic E-state index is 0.00937. The van der Waals surface area contributed by atoms with Crippen molar-refractivity contribution in [2.75, 3.05) is 6.61 Å². The van der Waals surface area contributed by atoms with Gasteiger partial charge in [0.05, 0.1) is 10.1 Å². The van der Waals surface area contributed by atoms with Gasteiger partial charge in [-0.25, -0.2) is 0 Å². The molecule has 0 bridgehead atoms. The van der Waals surface area contributed by atoms with Gasteiger partial charge in [0.1, 0.15) is 5.75 Å². The fourth-order valence-corrected chi connectivity index (χ4v) is 4.35. The monoisotopic (exact) mass is 403 g/mol. The highest BCUT2D eigenvalue weighted by Gasteiger charge is 2.30. The van der Waals surface area contributed by atoms with Crippen molar-refractivity contribution in [3.8, 4) is 5.75 Å². The zero-order chi connectivity index (χ0) is 19.1. The van der Waals surface area contributed by atoms with Crippen molar-refractivity contribution < 1.29 is 19.1 Å². The van der Waals surface area contributed by atoms with Crippen molar-refractivity contribution in [3.05, 3.63) is 52.2 Å². The maximum atomic E-state index is 11.9. The van der Waals surface area contributed by atoms with E-state index in [1.165, 1.54) is 16.9 Å². The molecule has 2 aromatic rings. The molecule has 1 aliphatic heterocycles. The zero-order valence-corrected chi connectivity index (χ0v) is 16.4. The van der Waals surface area contributed by atoms with Crippen LogP contribution in [0, 0.1) is 0 Å². The van der Waals surface area contributed by atoms with Crippen LogP contribution in [-0.4, -0.2) is 28.8 Å². The molecular weight excluding hydrogens is 382 g/mol. The fraction of sp³-hybridized carbons (Fsp3) is 0.350. The summed E-state index contributed by atoms with van der Waals surface area (Å²) >= 11 is 2.52. The van der Waals surface area contributed by atoms with Crippen molar-refractivity contribution in [1.29, 1.82) is 0 Å². The van der Waals surface area contributed by atoms with Gasteiger partial charge in [0.15, 0.2) is 6.61 Å². The standard InChI is InChI=1S/C20H21NO4S2/c22-16(17-7-4-12-26-17)13-25-15-10-8-14(9-11-15)5-2-1-3-6-18-19(23)21-20(24)27-18/h4,7-12,18H,1-3,5-6,13H2,(H,21,23,24). The lowest BCUT2D eigenvalue weighted by atomic mass is 10.1. The summed E-state index contributed by atoms with van der Waals surface area (Å²) in [6, 6.07) is 11.5. The molecule has 0 saturated carbocycles. The van der Waals surface area contributed by atoms with Crippen LogP contribution in [0.15, 0.2) is 41.8 Å². The number of imide groups is 1. The van der Waals surface area contributed by atoms with Crippen LogP contribution in [0.5, 0.6) is 5.75 Å². The molecule has 142 valence electrons. The molecule has 1 aromatic carbocycles. The molecule has 0 spiro atoms. The minimum atomic E-state index is -0.232. The molecule has 1 aromatic heterocycles. The normalized spacial score (nSPS) is 16.4. The number of nitrogens with one attached hydrogen (secondary N) is 1. The first-order chi connectivity index (χ1) is 13.1. The topological polar surface area (TPSA) is 72.5 Å². The molecule has 1 fully saturated rings. The first-order valence-corrected chi connectivity index (χ1v) is 10.7. The highest BCUT2D eigenvalue weighted by Crippen LogP contribution is 2.24. The molecule has 1 atom stereocenters. The molecule has 3 rings (SSSR count). The Bertz CT molecular complexity index is 787. The number of ether oxygens (including phenoxy) is 1. The lowest BCUT2D eigenvalue weighted by molar-refractivity contribution is -0.119. The number of benzene rings is 1. The number of ketones is 1. The number of thiophene rings is 1. The van der Waals surface area contributed by atoms with Crippen molar-refractivity contribution in [2.24, 2.45) is 0 Å². The Morgan fingerprint density at radius 3 is 2.56 bits per heavy atom. The minimum Gasteiger partial charge on any atom is -0.485 e. The van der Waals surface area contributed by atoms with E-state index in [0.717, 1.165) is 43.9 Å². The van der Waals surface area contributed by atoms with Gasteiger partial charge in [-0.15, -0.1) is 11.3 Å². The number of amides is 2. The summed E-state index contributed by atoms with van der Waals surface area (Å²) < 4.78 is 5.55. The van der Waals surface area contributed by atoms with E-state index in [0.29, 0.717) is 10.6 Å². The summed E-state index contributed by atoms with van der Waals surface area (Å²) in [5, 5.41) is 3.75. The van der Waals surface area contributed by atoms with Crippen LogP contribution in [-0.2, 0) is 11.2 Å². The van der Waals surface area contributed by atoms with Gasteiger partial charge in [-0.2, -0.15) is 0 Å². The molecule has 2 amide bonds. The quantitative estimate of drug-likeness (QED) is 0.468. The number of unbranched alkanes of at least 4 members (excludes halogenated alkanes) is 2. The molecular formula is C20H21NO4S2. The number of Topliss-reactive ketones (excluding diaryl/α,β-unsaturated/α-hetero) is 1. The lowest BCUT2D eigenvalue weighted by Crippen LogP contribution is -2.24.